The number of aliphatic carboxylic acids is 1. The average molecular weight is 305 g/mol. The second-order valence-corrected chi connectivity index (χ2v) is 4.75. The second kappa shape index (κ2) is 6.95. The molecule has 0 aliphatic carbocycles. The van der Waals surface area contributed by atoms with E-state index in [0.29, 0.717) is 0 Å². The van der Waals surface area contributed by atoms with Crippen LogP contribution in [-0.4, -0.2) is 33.4 Å². The van der Waals surface area contributed by atoms with E-state index in [-0.39, 0.29) is 27.9 Å². The van der Waals surface area contributed by atoms with Crippen molar-refractivity contribution in [2.45, 2.75) is 0 Å². The van der Waals surface area contributed by atoms with Crippen LogP contribution in [0.5, 0.6) is 0 Å². The van der Waals surface area contributed by atoms with Gasteiger partial charge >= 0.3 is 5.97 Å². The minimum absolute atomic E-state index is 0.0248. The summed E-state index contributed by atoms with van der Waals surface area (Å²) in [4.78, 5) is 31.7. The Morgan fingerprint density at radius 2 is 2.11 bits per heavy atom. The molecule has 0 heterocycles. The summed E-state index contributed by atoms with van der Waals surface area (Å²) in [6, 6.07) is 3.87. The third-order valence-electron chi connectivity index (χ3n) is 1.89. The number of anilines is 1. The number of hydrogen-bond donors (Lipinski definition) is 2. The first-order valence-electron chi connectivity index (χ1n) is 4.93. The number of benzene rings is 1. The van der Waals surface area contributed by atoms with Crippen LogP contribution in [0, 0.1) is 10.1 Å². The topological polar surface area (TPSA) is 110 Å². The lowest BCUT2D eigenvalue weighted by atomic mass is 10.3. The van der Waals surface area contributed by atoms with Crippen molar-refractivity contribution in [1.82, 2.24) is 0 Å². The number of carbonyl (C=O) groups excluding carboxylic acids is 1. The number of rotatable bonds is 6. The van der Waals surface area contributed by atoms with Crippen LogP contribution in [0.25, 0.3) is 0 Å². The quantitative estimate of drug-likeness (QED) is 0.614. The van der Waals surface area contributed by atoms with Crippen molar-refractivity contribution in [3.05, 3.63) is 33.3 Å². The summed E-state index contributed by atoms with van der Waals surface area (Å²) in [5.74, 6) is -1.69. The highest BCUT2D eigenvalue weighted by molar-refractivity contribution is 8.00. The monoisotopic (exact) mass is 304 g/mol. The number of thioether (sulfide) groups is 1. The van der Waals surface area contributed by atoms with Crippen LogP contribution in [0.3, 0.4) is 0 Å². The Labute approximate surface area is 117 Å². The molecule has 1 aromatic carbocycles. The molecule has 1 rings (SSSR count). The molecule has 102 valence electrons. The number of nitrogens with one attached hydrogen (secondary N) is 1. The lowest BCUT2D eigenvalue weighted by Crippen LogP contribution is -2.15. The van der Waals surface area contributed by atoms with E-state index in [0.717, 1.165) is 17.8 Å². The van der Waals surface area contributed by atoms with E-state index in [1.807, 2.05) is 0 Å². The fraction of sp³-hybridized carbons (Fsp3) is 0.200. The SMILES string of the molecule is O=C(O)CSCC(=O)Nc1ccc(Cl)c([N+](=O)[O-])c1. The first kappa shape index (κ1) is 15.3. The Bertz CT molecular complexity index is 523. The maximum atomic E-state index is 11.4. The molecule has 0 aromatic heterocycles. The van der Waals surface area contributed by atoms with Gasteiger partial charge in [0.25, 0.3) is 5.69 Å². The lowest BCUT2D eigenvalue weighted by Gasteiger charge is -2.05. The van der Waals surface area contributed by atoms with E-state index in [1.54, 1.807) is 0 Å². The zero-order valence-electron chi connectivity index (χ0n) is 9.46. The average Bonchev–Trinajstić information content (AvgIpc) is 2.30. The lowest BCUT2D eigenvalue weighted by molar-refractivity contribution is -0.384. The summed E-state index contributed by atoms with van der Waals surface area (Å²) in [6.45, 7) is 0. The van der Waals surface area contributed by atoms with Gasteiger partial charge in [-0.3, -0.25) is 19.7 Å². The fourth-order valence-electron chi connectivity index (χ4n) is 1.16. The van der Waals surface area contributed by atoms with E-state index in [9.17, 15) is 19.7 Å². The van der Waals surface area contributed by atoms with E-state index in [1.165, 1.54) is 12.1 Å². The number of nitrogens with zero attached hydrogens (tertiary/aromatic N) is 1. The molecular weight excluding hydrogens is 296 g/mol. The molecule has 0 bridgehead atoms. The van der Waals surface area contributed by atoms with Crippen molar-refractivity contribution in [3.8, 4) is 0 Å². The highest BCUT2D eigenvalue weighted by Gasteiger charge is 2.14. The molecule has 0 saturated carbocycles. The largest absolute Gasteiger partial charge is 0.481 e. The molecule has 0 atom stereocenters. The molecule has 0 saturated heterocycles. The first-order valence-corrected chi connectivity index (χ1v) is 6.46. The Hall–Kier alpha value is -1.80. The molecule has 1 aromatic rings. The summed E-state index contributed by atoms with van der Waals surface area (Å²) in [6.07, 6.45) is 0. The van der Waals surface area contributed by atoms with Gasteiger partial charge in [-0.1, -0.05) is 11.6 Å². The van der Waals surface area contributed by atoms with Crippen LogP contribution in [0.4, 0.5) is 11.4 Å². The molecule has 0 spiro atoms. The Kier molecular flexibility index (Phi) is 5.58. The van der Waals surface area contributed by atoms with Crippen molar-refractivity contribution in [3.63, 3.8) is 0 Å². The Morgan fingerprint density at radius 1 is 1.42 bits per heavy atom. The standard InChI is InChI=1S/C10H9ClN2O5S/c11-7-2-1-6(3-8(7)13(17)18)12-9(14)4-19-5-10(15)16/h1-3H,4-5H2,(H,12,14)(H,15,16). The summed E-state index contributed by atoms with van der Waals surface area (Å²) < 4.78 is 0. The number of carbonyl (C=O) groups is 2. The van der Waals surface area contributed by atoms with Gasteiger partial charge in [0.05, 0.1) is 16.4 Å². The van der Waals surface area contributed by atoms with Crippen LogP contribution in [0.2, 0.25) is 5.02 Å². The zero-order valence-corrected chi connectivity index (χ0v) is 11.0. The Morgan fingerprint density at radius 3 is 2.68 bits per heavy atom. The molecule has 19 heavy (non-hydrogen) atoms. The number of carboxylic acids is 1. The number of carboxylic acid groups (broad SMARTS) is 1. The summed E-state index contributed by atoms with van der Waals surface area (Å²) in [5, 5.41) is 21.4. The number of nitro benzene ring substituents is 1. The number of amides is 1. The molecule has 0 unspecified atom stereocenters. The van der Waals surface area contributed by atoms with Gasteiger partial charge in [-0.2, -0.15) is 0 Å². The van der Waals surface area contributed by atoms with Gasteiger partial charge in [0, 0.05) is 11.8 Å². The van der Waals surface area contributed by atoms with Gasteiger partial charge in [-0.05, 0) is 12.1 Å². The molecule has 0 fully saturated rings. The minimum atomic E-state index is -1.01. The maximum Gasteiger partial charge on any atom is 0.313 e. The van der Waals surface area contributed by atoms with Crippen LogP contribution >= 0.6 is 23.4 Å². The molecule has 0 aliphatic heterocycles. The second-order valence-electron chi connectivity index (χ2n) is 3.36. The van der Waals surface area contributed by atoms with Gasteiger partial charge in [-0.15, -0.1) is 11.8 Å². The van der Waals surface area contributed by atoms with E-state index < -0.39 is 16.8 Å². The van der Waals surface area contributed by atoms with Crippen molar-refractivity contribution in [1.29, 1.82) is 0 Å². The van der Waals surface area contributed by atoms with Gasteiger partial charge in [0.1, 0.15) is 5.02 Å². The van der Waals surface area contributed by atoms with Crippen molar-refractivity contribution in [2.75, 3.05) is 16.8 Å². The predicted molar refractivity (Wildman–Crippen MR) is 71.7 cm³/mol. The molecule has 7 nitrogen and oxygen atoms in total. The van der Waals surface area contributed by atoms with Crippen LogP contribution in [-0.2, 0) is 9.59 Å². The summed E-state index contributed by atoms with van der Waals surface area (Å²) >= 11 is 6.55. The smallest absolute Gasteiger partial charge is 0.313 e. The first-order chi connectivity index (χ1) is 8.90. The molecular formula is C10H9ClN2O5S. The van der Waals surface area contributed by atoms with Gasteiger partial charge < -0.3 is 10.4 Å². The van der Waals surface area contributed by atoms with E-state index in [4.69, 9.17) is 16.7 Å². The minimum Gasteiger partial charge on any atom is -0.481 e. The van der Waals surface area contributed by atoms with Crippen LogP contribution in [0.1, 0.15) is 0 Å². The highest BCUT2D eigenvalue weighted by Crippen LogP contribution is 2.27. The third kappa shape index (κ3) is 5.14. The van der Waals surface area contributed by atoms with E-state index in [2.05, 4.69) is 5.32 Å². The van der Waals surface area contributed by atoms with Crippen LogP contribution in [0.15, 0.2) is 18.2 Å². The molecule has 9 heteroatoms. The number of halogens is 1. The van der Waals surface area contributed by atoms with Crippen molar-refractivity contribution < 1.29 is 19.6 Å². The Balaban J connectivity index is 2.62. The summed E-state index contributed by atoms with van der Waals surface area (Å²) in [5.41, 5.74) is -0.0744. The number of hydrogen-bond acceptors (Lipinski definition) is 5. The highest BCUT2D eigenvalue weighted by atomic mass is 35.5. The molecule has 2 N–H and O–H groups in total. The van der Waals surface area contributed by atoms with Gasteiger partial charge in [-0.25, -0.2) is 0 Å². The van der Waals surface area contributed by atoms with Crippen LogP contribution < -0.4 is 5.32 Å². The number of nitro groups is 1. The van der Waals surface area contributed by atoms with E-state index >= 15 is 0 Å². The molecule has 1 amide bonds. The molecule has 0 radical (unpaired) electrons. The normalized spacial score (nSPS) is 9.95. The molecule has 0 aliphatic rings. The third-order valence-corrected chi connectivity index (χ3v) is 3.12. The predicted octanol–water partition coefficient (Wildman–Crippen LogP) is 2.00. The van der Waals surface area contributed by atoms with Gasteiger partial charge in [0.15, 0.2) is 0 Å². The van der Waals surface area contributed by atoms with Crippen molar-refractivity contribution in [2.24, 2.45) is 0 Å². The van der Waals surface area contributed by atoms with Gasteiger partial charge in [0.2, 0.25) is 5.91 Å². The fourth-order valence-corrected chi connectivity index (χ4v) is 1.88. The zero-order chi connectivity index (χ0) is 14.4. The maximum absolute atomic E-state index is 11.4. The summed E-state index contributed by atoms with van der Waals surface area (Å²) in [7, 11) is 0. The van der Waals surface area contributed by atoms with Crippen molar-refractivity contribution >= 4 is 46.6 Å².